The molecule has 0 saturated heterocycles. The van der Waals surface area contributed by atoms with E-state index in [0.717, 1.165) is 5.56 Å². The molecule has 1 N–H and O–H groups in total. The van der Waals surface area contributed by atoms with Crippen LogP contribution in [0.25, 0.3) is 11.4 Å². The number of thioether (sulfide) groups is 1. The Kier molecular flexibility index (Phi) is 6.95. The van der Waals surface area contributed by atoms with Crippen LogP contribution in [0.3, 0.4) is 0 Å². The summed E-state index contributed by atoms with van der Waals surface area (Å²) in [5.41, 5.74) is 1.90. The molecule has 0 bridgehead atoms. The van der Waals surface area contributed by atoms with Crippen molar-refractivity contribution in [2.75, 3.05) is 11.1 Å². The summed E-state index contributed by atoms with van der Waals surface area (Å²) in [6, 6.07) is 9.37. The highest BCUT2D eigenvalue weighted by atomic mass is 35.5. The van der Waals surface area contributed by atoms with Crippen LogP contribution in [0.4, 0.5) is 10.1 Å². The summed E-state index contributed by atoms with van der Waals surface area (Å²) in [6.45, 7) is 6.00. The van der Waals surface area contributed by atoms with E-state index in [1.807, 2.05) is 4.57 Å². The van der Waals surface area contributed by atoms with E-state index in [-0.39, 0.29) is 11.7 Å². The number of rotatable bonds is 7. The van der Waals surface area contributed by atoms with Crippen molar-refractivity contribution >= 4 is 46.6 Å². The maximum atomic E-state index is 13.4. The van der Waals surface area contributed by atoms with E-state index in [2.05, 4.69) is 22.1 Å². The average Bonchev–Trinajstić information content (AvgIpc) is 3.06. The Bertz CT molecular complexity index is 1070. The first-order chi connectivity index (χ1) is 13.9. The number of aryl methyl sites for hydroxylation is 1. The fraction of sp³-hybridized carbons (Fsp3) is 0.150. The number of anilines is 1. The van der Waals surface area contributed by atoms with E-state index in [1.165, 1.54) is 23.9 Å². The Balaban J connectivity index is 1.77. The molecule has 3 rings (SSSR count). The second kappa shape index (κ2) is 9.43. The molecule has 3 aromatic rings. The molecular weight excluding hydrogens is 434 g/mol. The number of aromatic nitrogens is 3. The number of carbonyl (C=O) groups is 1. The molecule has 2 aromatic carbocycles. The van der Waals surface area contributed by atoms with Gasteiger partial charge in [0.2, 0.25) is 5.91 Å². The van der Waals surface area contributed by atoms with Crippen molar-refractivity contribution < 1.29 is 9.18 Å². The molecule has 150 valence electrons. The SMILES string of the molecule is C=CCn1c(SCC(=O)Nc2cc(F)ccc2C)nnc1-c1ccc(Cl)cc1Cl. The summed E-state index contributed by atoms with van der Waals surface area (Å²) >= 11 is 13.5. The molecule has 0 atom stereocenters. The number of allylic oxidation sites excluding steroid dienone is 1. The molecule has 0 unspecified atom stereocenters. The summed E-state index contributed by atoms with van der Waals surface area (Å²) < 4.78 is 15.2. The molecule has 0 spiro atoms. The fourth-order valence-electron chi connectivity index (χ4n) is 2.60. The van der Waals surface area contributed by atoms with Gasteiger partial charge < -0.3 is 5.32 Å². The Labute approximate surface area is 181 Å². The van der Waals surface area contributed by atoms with Crippen LogP contribution >= 0.6 is 35.0 Å². The first kappa shape index (κ1) is 21.4. The number of hydrogen-bond acceptors (Lipinski definition) is 4. The van der Waals surface area contributed by atoms with E-state index in [0.29, 0.717) is 38.8 Å². The van der Waals surface area contributed by atoms with Crippen molar-refractivity contribution in [3.63, 3.8) is 0 Å². The number of halogens is 3. The molecule has 0 fully saturated rings. The predicted octanol–water partition coefficient (Wildman–Crippen LogP) is 5.62. The van der Waals surface area contributed by atoms with Crippen LogP contribution in [0.15, 0.2) is 54.2 Å². The molecule has 29 heavy (non-hydrogen) atoms. The fourth-order valence-corrected chi connectivity index (χ4v) is 3.85. The number of nitrogens with zero attached hydrogens (tertiary/aromatic N) is 3. The van der Waals surface area contributed by atoms with E-state index < -0.39 is 5.82 Å². The van der Waals surface area contributed by atoms with Crippen LogP contribution in [0.1, 0.15) is 5.56 Å². The molecule has 9 heteroatoms. The second-order valence-electron chi connectivity index (χ2n) is 6.13. The molecular formula is C20H17Cl2FN4OS. The van der Waals surface area contributed by atoms with Crippen LogP contribution in [0, 0.1) is 12.7 Å². The van der Waals surface area contributed by atoms with Crippen molar-refractivity contribution in [1.29, 1.82) is 0 Å². The first-order valence-corrected chi connectivity index (χ1v) is 10.3. The summed E-state index contributed by atoms with van der Waals surface area (Å²) in [6.07, 6.45) is 1.71. The minimum Gasteiger partial charge on any atom is -0.325 e. The lowest BCUT2D eigenvalue weighted by atomic mass is 10.2. The van der Waals surface area contributed by atoms with E-state index in [9.17, 15) is 9.18 Å². The molecule has 0 aliphatic rings. The molecule has 0 aliphatic heterocycles. The van der Waals surface area contributed by atoms with Gasteiger partial charge in [0.15, 0.2) is 11.0 Å². The third-order valence-corrected chi connectivity index (χ3v) is 5.52. The third kappa shape index (κ3) is 5.18. The van der Waals surface area contributed by atoms with Crippen molar-refractivity contribution in [2.24, 2.45) is 0 Å². The van der Waals surface area contributed by atoms with Gasteiger partial charge in [-0.05, 0) is 42.8 Å². The van der Waals surface area contributed by atoms with Crippen LogP contribution in [-0.4, -0.2) is 26.4 Å². The third-order valence-electron chi connectivity index (χ3n) is 4.01. The highest BCUT2D eigenvalue weighted by Gasteiger charge is 2.17. The second-order valence-corrected chi connectivity index (χ2v) is 7.91. The van der Waals surface area contributed by atoms with Crippen LogP contribution in [0.2, 0.25) is 10.0 Å². The van der Waals surface area contributed by atoms with Gasteiger partial charge in [-0.2, -0.15) is 0 Å². The van der Waals surface area contributed by atoms with Gasteiger partial charge in [-0.15, -0.1) is 16.8 Å². The molecule has 0 saturated carbocycles. The smallest absolute Gasteiger partial charge is 0.234 e. The standard InChI is InChI=1S/C20H17Cl2FN4OS/c1-3-8-27-19(15-7-5-13(21)9-16(15)22)25-26-20(27)29-11-18(28)24-17-10-14(23)6-4-12(17)2/h3-7,9-10H,1,8,11H2,2H3,(H,24,28). The van der Waals surface area contributed by atoms with Crippen LogP contribution in [0.5, 0.6) is 0 Å². The Morgan fingerprint density at radius 2 is 2.07 bits per heavy atom. The van der Waals surface area contributed by atoms with E-state index >= 15 is 0 Å². The zero-order valence-corrected chi connectivity index (χ0v) is 17.8. The van der Waals surface area contributed by atoms with Gasteiger partial charge >= 0.3 is 0 Å². The Morgan fingerprint density at radius 1 is 1.28 bits per heavy atom. The Hall–Kier alpha value is -2.35. The van der Waals surface area contributed by atoms with E-state index in [4.69, 9.17) is 23.2 Å². The van der Waals surface area contributed by atoms with Crippen molar-refractivity contribution in [1.82, 2.24) is 14.8 Å². The van der Waals surface area contributed by atoms with Gasteiger partial charge in [0.25, 0.3) is 0 Å². The maximum Gasteiger partial charge on any atom is 0.234 e. The zero-order chi connectivity index (χ0) is 21.0. The summed E-state index contributed by atoms with van der Waals surface area (Å²) in [5.74, 6) is -0.0494. The van der Waals surface area contributed by atoms with Crippen LogP contribution < -0.4 is 5.32 Å². The largest absolute Gasteiger partial charge is 0.325 e. The summed E-state index contributed by atoms with van der Waals surface area (Å²) in [7, 11) is 0. The lowest BCUT2D eigenvalue weighted by Gasteiger charge is -2.10. The number of amides is 1. The average molecular weight is 451 g/mol. The molecule has 1 heterocycles. The zero-order valence-electron chi connectivity index (χ0n) is 15.5. The highest BCUT2D eigenvalue weighted by molar-refractivity contribution is 7.99. The van der Waals surface area contributed by atoms with Gasteiger partial charge in [0.05, 0.1) is 10.8 Å². The van der Waals surface area contributed by atoms with Crippen molar-refractivity contribution in [3.8, 4) is 11.4 Å². The van der Waals surface area contributed by atoms with Gasteiger partial charge in [-0.3, -0.25) is 9.36 Å². The van der Waals surface area contributed by atoms with Gasteiger partial charge in [-0.25, -0.2) is 4.39 Å². The topological polar surface area (TPSA) is 59.8 Å². The highest BCUT2D eigenvalue weighted by Crippen LogP contribution is 2.31. The number of carbonyl (C=O) groups excluding carboxylic acids is 1. The Morgan fingerprint density at radius 3 is 2.79 bits per heavy atom. The minimum atomic E-state index is -0.409. The first-order valence-electron chi connectivity index (χ1n) is 8.57. The molecule has 0 radical (unpaired) electrons. The quantitative estimate of drug-likeness (QED) is 0.375. The van der Waals surface area contributed by atoms with Gasteiger partial charge in [0, 0.05) is 22.8 Å². The molecule has 1 aromatic heterocycles. The molecule has 1 amide bonds. The van der Waals surface area contributed by atoms with Crippen molar-refractivity contribution in [2.45, 2.75) is 18.6 Å². The van der Waals surface area contributed by atoms with Crippen molar-refractivity contribution in [3.05, 3.63) is 70.5 Å². The van der Waals surface area contributed by atoms with Gasteiger partial charge in [-0.1, -0.05) is 47.1 Å². The van der Waals surface area contributed by atoms with Gasteiger partial charge in [0.1, 0.15) is 5.82 Å². The number of benzene rings is 2. The summed E-state index contributed by atoms with van der Waals surface area (Å²) in [5, 5.41) is 12.6. The number of nitrogens with one attached hydrogen (secondary N) is 1. The summed E-state index contributed by atoms with van der Waals surface area (Å²) in [4.78, 5) is 12.3. The monoisotopic (exact) mass is 450 g/mol. The van der Waals surface area contributed by atoms with Crippen LogP contribution in [-0.2, 0) is 11.3 Å². The lowest BCUT2D eigenvalue weighted by Crippen LogP contribution is -2.15. The number of hydrogen-bond donors (Lipinski definition) is 1. The predicted molar refractivity (Wildman–Crippen MR) is 116 cm³/mol. The normalized spacial score (nSPS) is 10.8. The van der Waals surface area contributed by atoms with E-state index in [1.54, 1.807) is 37.3 Å². The molecule has 5 nitrogen and oxygen atoms in total. The maximum absolute atomic E-state index is 13.4. The minimum absolute atomic E-state index is 0.0829. The molecule has 0 aliphatic carbocycles. The lowest BCUT2D eigenvalue weighted by molar-refractivity contribution is -0.113.